The van der Waals surface area contributed by atoms with Crippen LogP contribution >= 0.6 is 0 Å². The zero-order valence-electron chi connectivity index (χ0n) is 15.2. The molecule has 2 aliphatic rings. The van der Waals surface area contributed by atoms with Crippen molar-refractivity contribution in [2.45, 2.75) is 25.7 Å². The van der Waals surface area contributed by atoms with Crippen molar-refractivity contribution < 1.29 is 9.59 Å². The molecule has 1 aliphatic carbocycles. The monoisotopic (exact) mass is 352 g/mol. The van der Waals surface area contributed by atoms with Gasteiger partial charge in [0.2, 0.25) is 11.8 Å². The molecule has 2 N–H and O–H groups in total. The maximum atomic E-state index is 13.1. The summed E-state index contributed by atoms with van der Waals surface area (Å²) >= 11 is 0. The first-order valence-electron chi connectivity index (χ1n) is 9.09. The molecular weight excluding hydrogens is 328 g/mol. The van der Waals surface area contributed by atoms with Crippen molar-refractivity contribution in [3.05, 3.63) is 52.8 Å². The van der Waals surface area contributed by atoms with Gasteiger partial charge in [0.25, 0.3) is 0 Å². The molecule has 1 aromatic heterocycles. The quantitative estimate of drug-likeness (QED) is 0.900. The molecule has 0 unspecified atom stereocenters. The van der Waals surface area contributed by atoms with Crippen LogP contribution in [0.15, 0.2) is 30.5 Å². The minimum Gasteiger partial charge on any atom is -0.369 e. The van der Waals surface area contributed by atoms with Crippen molar-refractivity contribution in [1.82, 2.24) is 14.7 Å². The average molecular weight is 352 g/mol. The van der Waals surface area contributed by atoms with Crippen molar-refractivity contribution in [3.63, 3.8) is 0 Å². The number of nitrogens with two attached hydrogens (primary N) is 1. The fraction of sp³-hybridized carbons (Fsp3) is 0.450. The van der Waals surface area contributed by atoms with Gasteiger partial charge in [0.15, 0.2) is 0 Å². The third-order valence-electron chi connectivity index (χ3n) is 6.07. The van der Waals surface area contributed by atoms with E-state index in [0.29, 0.717) is 13.1 Å². The van der Waals surface area contributed by atoms with E-state index in [-0.39, 0.29) is 29.6 Å². The topological polar surface area (TPSA) is 81.2 Å². The number of primary amides is 1. The molecule has 4 rings (SSSR count). The first kappa shape index (κ1) is 16.8. The molecule has 2 atom stereocenters. The number of carbonyl (C=O) groups is 2. The predicted octanol–water partition coefficient (Wildman–Crippen LogP) is 1.17. The summed E-state index contributed by atoms with van der Waals surface area (Å²) < 4.78 is 1.80. The molecule has 2 heterocycles. The highest BCUT2D eigenvalue weighted by atomic mass is 16.2. The highest BCUT2D eigenvalue weighted by Gasteiger charge is 2.42. The minimum atomic E-state index is -0.356. The summed E-state index contributed by atoms with van der Waals surface area (Å²) in [6.07, 6.45) is 3.36. The summed E-state index contributed by atoms with van der Waals surface area (Å²) in [5, 5.41) is 4.29. The summed E-state index contributed by atoms with van der Waals surface area (Å²) in [6, 6.07) is 8.24. The molecule has 2 aromatic rings. The Morgan fingerprint density at radius 1 is 1.15 bits per heavy atom. The number of nitrogens with zero attached hydrogens (tertiary/aromatic N) is 3. The fourth-order valence-electron chi connectivity index (χ4n) is 4.46. The lowest BCUT2D eigenvalue weighted by Crippen LogP contribution is -2.36. The molecule has 6 nitrogen and oxygen atoms in total. The Bertz CT molecular complexity index is 847. The zero-order chi connectivity index (χ0) is 18.4. The Hall–Kier alpha value is -2.63. The number of hydrogen-bond donors (Lipinski definition) is 1. The number of fused-ring (bicyclic) bond motifs is 1. The number of rotatable bonds is 3. The van der Waals surface area contributed by atoms with Gasteiger partial charge in [-0.05, 0) is 36.5 Å². The van der Waals surface area contributed by atoms with Crippen molar-refractivity contribution in [3.8, 4) is 0 Å². The molecule has 0 saturated carbocycles. The maximum absolute atomic E-state index is 13.1. The molecule has 0 radical (unpaired) electrons. The van der Waals surface area contributed by atoms with Crippen molar-refractivity contribution >= 4 is 11.8 Å². The summed E-state index contributed by atoms with van der Waals surface area (Å²) in [6.45, 7) is 2.92. The number of amides is 2. The van der Waals surface area contributed by atoms with Crippen LogP contribution in [-0.4, -0.2) is 39.6 Å². The van der Waals surface area contributed by atoms with E-state index in [0.717, 1.165) is 24.1 Å². The number of hydrogen-bond acceptors (Lipinski definition) is 3. The predicted molar refractivity (Wildman–Crippen MR) is 97.3 cm³/mol. The Kier molecular flexibility index (Phi) is 4.05. The standard InChI is InChI=1S/C20H24N4O2/c1-12-16(9-22-23(12)2)17-10-24(11-18(17)19(21)25)20(26)15-7-13-5-3-4-6-14(13)8-15/h3-6,9,15,17-18H,7-8,10-11H2,1-2H3,(H2,21,25)/t17-,18+/m1/s1. The first-order valence-corrected chi connectivity index (χ1v) is 9.09. The minimum absolute atomic E-state index is 0.0327. The maximum Gasteiger partial charge on any atom is 0.226 e. The highest BCUT2D eigenvalue weighted by molar-refractivity contribution is 5.84. The second kappa shape index (κ2) is 6.27. The summed E-state index contributed by atoms with van der Waals surface area (Å²) in [4.78, 5) is 27.0. The van der Waals surface area contributed by atoms with Gasteiger partial charge in [0, 0.05) is 37.7 Å². The normalized spacial score (nSPS) is 22.6. The lowest BCUT2D eigenvalue weighted by Gasteiger charge is -2.20. The van der Waals surface area contributed by atoms with E-state index in [1.165, 1.54) is 11.1 Å². The van der Waals surface area contributed by atoms with Crippen molar-refractivity contribution in [1.29, 1.82) is 0 Å². The van der Waals surface area contributed by atoms with Crippen LogP contribution in [0.4, 0.5) is 0 Å². The van der Waals surface area contributed by atoms with Crippen LogP contribution in [-0.2, 0) is 29.5 Å². The van der Waals surface area contributed by atoms with Gasteiger partial charge in [0.1, 0.15) is 0 Å². The zero-order valence-corrected chi connectivity index (χ0v) is 15.2. The molecule has 1 saturated heterocycles. The van der Waals surface area contributed by atoms with Crippen LogP contribution in [0.1, 0.15) is 28.3 Å². The van der Waals surface area contributed by atoms with E-state index in [9.17, 15) is 9.59 Å². The fourth-order valence-corrected chi connectivity index (χ4v) is 4.46. The van der Waals surface area contributed by atoms with E-state index < -0.39 is 0 Å². The Morgan fingerprint density at radius 2 is 1.81 bits per heavy atom. The summed E-state index contributed by atoms with van der Waals surface area (Å²) in [7, 11) is 1.88. The van der Waals surface area contributed by atoms with Gasteiger partial charge in [-0.1, -0.05) is 24.3 Å². The molecule has 1 aliphatic heterocycles. The van der Waals surface area contributed by atoms with Gasteiger partial charge in [-0.25, -0.2) is 0 Å². The largest absolute Gasteiger partial charge is 0.369 e. The van der Waals surface area contributed by atoms with E-state index in [1.807, 2.05) is 31.0 Å². The lowest BCUT2D eigenvalue weighted by atomic mass is 9.89. The smallest absolute Gasteiger partial charge is 0.226 e. The summed E-state index contributed by atoms with van der Waals surface area (Å²) in [5.41, 5.74) is 10.2. The van der Waals surface area contributed by atoms with Gasteiger partial charge >= 0.3 is 0 Å². The van der Waals surface area contributed by atoms with E-state index in [1.54, 1.807) is 10.9 Å². The van der Waals surface area contributed by atoms with Gasteiger partial charge in [-0.3, -0.25) is 14.3 Å². The van der Waals surface area contributed by atoms with Crippen LogP contribution in [0, 0.1) is 18.8 Å². The van der Waals surface area contributed by atoms with E-state index >= 15 is 0 Å². The van der Waals surface area contributed by atoms with Crippen LogP contribution in [0.5, 0.6) is 0 Å². The molecule has 2 amide bonds. The highest BCUT2D eigenvalue weighted by Crippen LogP contribution is 2.36. The Balaban J connectivity index is 1.54. The van der Waals surface area contributed by atoms with E-state index in [4.69, 9.17) is 5.73 Å². The van der Waals surface area contributed by atoms with Crippen LogP contribution < -0.4 is 5.73 Å². The van der Waals surface area contributed by atoms with Gasteiger partial charge in [-0.15, -0.1) is 0 Å². The number of aryl methyl sites for hydroxylation is 1. The van der Waals surface area contributed by atoms with E-state index in [2.05, 4.69) is 17.2 Å². The number of likely N-dealkylation sites (tertiary alicyclic amines) is 1. The van der Waals surface area contributed by atoms with Crippen LogP contribution in [0.2, 0.25) is 0 Å². The second-order valence-corrected chi connectivity index (χ2v) is 7.54. The average Bonchev–Trinajstić information content (AvgIpc) is 3.32. The molecule has 1 fully saturated rings. The summed E-state index contributed by atoms with van der Waals surface area (Å²) in [5.74, 6) is -0.672. The number of aromatic nitrogens is 2. The first-order chi connectivity index (χ1) is 12.5. The SMILES string of the molecule is Cc1c([C@H]2CN(C(=O)C3Cc4ccccc4C3)C[C@@H]2C(N)=O)cnn1C. The molecule has 1 aromatic carbocycles. The lowest BCUT2D eigenvalue weighted by molar-refractivity contribution is -0.134. The third-order valence-corrected chi connectivity index (χ3v) is 6.07. The van der Waals surface area contributed by atoms with Crippen LogP contribution in [0.3, 0.4) is 0 Å². The second-order valence-electron chi connectivity index (χ2n) is 7.54. The molecule has 0 spiro atoms. The van der Waals surface area contributed by atoms with Gasteiger partial charge in [-0.2, -0.15) is 5.10 Å². The molecule has 0 bridgehead atoms. The van der Waals surface area contributed by atoms with Gasteiger partial charge < -0.3 is 10.6 Å². The number of benzene rings is 1. The third kappa shape index (κ3) is 2.69. The molecule has 136 valence electrons. The Labute approximate surface area is 153 Å². The Morgan fingerprint density at radius 3 is 2.35 bits per heavy atom. The molecule has 26 heavy (non-hydrogen) atoms. The van der Waals surface area contributed by atoms with Gasteiger partial charge in [0.05, 0.1) is 12.1 Å². The molecule has 6 heteroatoms. The van der Waals surface area contributed by atoms with Crippen LogP contribution in [0.25, 0.3) is 0 Å². The number of carbonyl (C=O) groups excluding carboxylic acids is 2. The molecular formula is C20H24N4O2. The van der Waals surface area contributed by atoms with Crippen molar-refractivity contribution in [2.75, 3.05) is 13.1 Å². The van der Waals surface area contributed by atoms with Crippen molar-refractivity contribution in [2.24, 2.45) is 24.6 Å².